The molecule has 0 radical (unpaired) electrons. The SMILES string of the molecule is CC(CNc1nccnc1C#N)c1c(Cl)cccc1Cl. The van der Waals surface area contributed by atoms with Crippen molar-refractivity contribution >= 4 is 29.0 Å². The summed E-state index contributed by atoms with van der Waals surface area (Å²) < 4.78 is 0. The third-order valence-electron chi connectivity index (χ3n) is 2.87. The van der Waals surface area contributed by atoms with Crippen LogP contribution in [-0.2, 0) is 0 Å². The van der Waals surface area contributed by atoms with Crippen molar-refractivity contribution in [1.82, 2.24) is 9.97 Å². The van der Waals surface area contributed by atoms with Crippen molar-refractivity contribution in [1.29, 1.82) is 5.26 Å². The first kappa shape index (κ1) is 14.6. The van der Waals surface area contributed by atoms with E-state index in [9.17, 15) is 0 Å². The molecule has 0 aliphatic carbocycles. The summed E-state index contributed by atoms with van der Waals surface area (Å²) in [5.41, 5.74) is 1.15. The zero-order valence-corrected chi connectivity index (χ0v) is 12.3. The standard InChI is InChI=1S/C14H12Cl2N4/c1-9(13-10(15)3-2-4-11(13)16)8-20-14-12(7-17)18-5-6-19-14/h2-6,9H,8H2,1H3,(H,19,20). The monoisotopic (exact) mass is 306 g/mol. The van der Waals surface area contributed by atoms with Gasteiger partial charge in [0.05, 0.1) is 0 Å². The Morgan fingerprint density at radius 3 is 2.55 bits per heavy atom. The molecule has 0 spiro atoms. The number of benzene rings is 1. The summed E-state index contributed by atoms with van der Waals surface area (Å²) in [5, 5.41) is 13.3. The van der Waals surface area contributed by atoms with Crippen LogP contribution in [0.3, 0.4) is 0 Å². The minimum absolute atomic E-state index is 0.0738. The second-order valence-corrected chi connectivity index (χ2v) is 5.10. The predicted octanol–water partition coefficient (Wildman–Crippen LogP) is 3.87. The summed E-state index contributed by atoms with van der Waals surface area (Å²) in [4.78, 5) is 8.04. The number of nitrogens with one attached hydrogen (secondary N) is 1. The van der Waals surface area contributed by atoms with Gasteiger partial charge in [0, 0.05) is 34.9 Å². The quantitative estimate of drug-likeness (QED) is 0.931. The number of hydrogen-bond donors (Lipinski definition) is 1. The number of hydrogen-bond acceptors (Lipinski definition) is 4. The zero-order valence-electron chi connectivity index (χ0n) is 10.8. The molecule has 2 rings (SSSR count). The second-order valence-electron chi connectivity index (χ2n) is 4.28. The summed E-state index contributed by atoms with van der Waals surface area (Å²) in [6.45, 7) is 2.55. The molecule has 0 aliphatic rings. The van der Waals surface area contributed by atoms with Crippen LogP contribution in [0.25, 0.3) is 0 Å². The normalized spacial score (nSPS) is 11.7. The molecule has 0 saturated heterocycles. The number of nitriles is 1. The van der Waals surface area contributed by atoms with Gasteiger partial charge in [0.15, 0.2) is 11.5 Å². The Balaban J connectivity index is 2.13. The molecule has 1 heterocycles. The lowest BCUT2D eigenvalue weighted by Crippen LogP contribution is -2.13. The van der Waals surface area contributed by atoms with Gasteiger partial charge in [0.2, 0.25) is 0 Å². The van der Waals surface area contributed by atoms with E-state index in [0.29, 0.717) is 22.4 Å². The molecule has 0 bridgehead atoms. The number of anilines is 1. The minimum Gasteiger partial charge on any atom is -0.367 e. The van der Waals surface area contributed by atoms with E-state index in [1.54, 1.807) is 0 Å². The molecule has 1 unspecified atom stereocenters. The van der Waals surface area contributed by atoms with Crippen molar-refractivity contribution in [3.8, 4) is 6.07 Å². The average molecular weight is 307 g/mol. The fourth-order valence-electron chi connectivity index (χ4n) is 1.88. The van der Waals surface area contributed by atoms with Gasteiger partial charge in [-0.2, -0.15) is 5.26 Å². The Bertz CT molecular complexity index is 632. The van der Waals surface area contributed by atoms with Crippen LogP contribution in [-0.4, -0.2) is 16.5 Å². The van der Waals surface area contributed by atoms with Crippen molar-refractivity contribution in [3.05, 3.63) is 51.9 Å². The summed E-state index contributed by atoms with van der Waals surface area (Å²) in [6.07, 6.45) is 3.02. The van der Waals surface area contributed by atoms with Crippen molar-refractivity contribution in [3.63, 3.8) is 0 Å². The highest BCUT2D eigenvalue weighted by Gasteiger charge is 2.14. The van der Waals surface area contributed by atoms with Gasteiger partial charge in [-0.15, -0.1) is 0 Å². The Morgan fingerprint density at radius 1 is 1.25 bits per heavy atom. The van der Waals surface area contributed by atoms with Gasteiger partial charge in [0.25, 0.3) is 0 Å². The van der Waals surface area contributed by atoms with E-state index in [2.05, 4.69) is 15.3 Å². The number of halogens is 2. The average Bonchev–Trinajstić information content (AvgIpc) is 2.45. The third-order valence-corrected chi connectivity index (χ3v) is 3.53. The van der Waals surface area contributed by atoms with E-state index in [4.69, 9.17) is 28.5 Å². The van der Waals surface area contributed by atoms with Crippen molar-refractivity contribution in [2.45, 2.75) is 12.8 Å². The van der Waals surface area contributed by atoms with Crippen LogP contribution in [0.5, 0.6) is 0 Å². The van der Waals surface area contributed by atoms with Crippen LogP contribution >= 0.6 is 23.2 Å². The Morgan fingerprint density at radius 2 is 1.90 bits per heavy atom. The molecule has 0 amide bonds. The van der Waals surface area contributed by atoms with Crippen LogP contribution in [0.4, 0.5) is 5.82 Å². The van der Waals surface area contributed by atoms with E-state index in [1.807, 2.05) is 31.2 Å². The highest BCUT2D eigenvalue weighted by molar-refractivity contribution is 6.36. The lowest BCUT2D eigenvalue weighted by Gasteiger charge is -2.16. The predicted molar refractivity (Wildman–Crippen MR) is 80.1 cm³/mol. The molecule has 20 heavy (non-hydrogen) atoms. The maximum absolute atomic E-state index is 8.95. The van der Waals surface area contributed by atoms with Crippen LogP contribution in [0, 0.1) is 11.3 Å². The van der Waals surface area contributed by atoms with Gasteiger partial charge in [0.1, 0.15) is 6.07 Å². The van der Waals surface area contributed by atoms with Gasteiger partial charge >= 0.3 is 0 Å². The van der Waals surface area contributed by atoms with Gasteiger partial charge < -0.3 is 5.32 Å². The number of nitrogens with zero attached hydrogens (tertiary/aromatic N) is 3. The molecular formula is C14H12Cl2N4. The number of rotatable bonds is 4. The first-order valence-electron chi connectivity index (χ1n) is 6.02. The highest BCUT2D eigenvalue weighted by Crippen LogP contribution is 2.31. The van der Waals surface area contributed by atoms with Crippen LogP contribution in [0.1, 0.15) is 24.1 Å². The summed E-state index contributed by atoms with van der Waals surface area (Å²) >= 11 is 12.3. The first-order valence-corrected chi connectivity index (χ1v) is 6.78. The summed E-state index contributed by atoms with van der Waals surface area (Å²) in [5.74, 6) is 0.537. The summed E-state index contributed by atoms with van der Waals surface area (Å²) in [6, 6.07) is 7.42. The largest absolute Gasteiger partial charge is 0.367 e. The van der Waals surface area contributed by atoms with E-state index >= 15 is 0 Å². The molecule has 1 aromatic carbocycles. The van der Waals surface area contributed by atoms with Gasteiger partial charge in [-0.1, -0.05) is 36.2 Å². The number of aromatic nitrogens is 2. The van der Waals surface area contributed by atoms with Crippen LogP contribution in [0.2, 0.25) is 10.0 Å². The van der Waals surface area contributed by atoms with E-state index in [0.717, 1.165) is 5.56 Å². The molecule has 1 N–H and O–H groups in total. The second kappa shape index (κ2) is 6.56. The van der Waals surface area contributed by atoms with E-state index in [1.165, 1.54) is 12.4 Å². The van der Waals surface area contributed by atoms with Gasteiger partial charge in [-0.05, 0) is 17.7 Å². The fraction of sp³-hybridized carbons (Fsp3) is 0.214. The van der Waals surface area contributed by atoms with Gasteiger partial charge in [-0.25, -0.2) is 9.97 Å². The van der Waals surface area contributed by atoms with Crippen molar-refractivity contribution < 1.29 is 0 Å². The fourth-order valence-corrected chi connectivity index (χ4v) is 2.65. The maximum Gasteiger partial charge on any atom is 0.182 e. The molecule has 6 heteroatoms. The first-order chi connectivity index (χ1) is 9.63. The smallest absolute Gasteiger partial charge is 0.182 e. The molecule has 0 fully saturated rings. The topological polar surface area (TPSA) is 61.6 Å². The molecule has 2 aromatic rings. The molecule has 0 saturated carbocycles. The lowest BCUT2D eigenvalue weighted by molar-refractivity contribution is 0.800. The van der Waals surface area contributed by atoms with E-state index < -0.39 is 0 Å². The van der Waals surface area contributed by atoms with Gasteiger partial charge in [-0.3, -0.25) is 0 Å². The Kier molecular flexibility index (Phi) is 4.78. The Hall–Kier alpha value is -1.83. The molecule has 4 nitrogen and oxygen atoms in total. The van der Waals surface area contributed by atoms with Crippen molar-refractivity contribution in [2.24, 2.45) is 0 Å². The molecule has 102 valence electrons. The maximum atomic E-state index is 8.95. The zero-order chi connectivity index (χ0) is 14.5. The molecule has 1 atom stereocenters. The minimum atomic E-state index is 0.0738. The van der Waals surface area contributed by atoms with E-state index in [-0.39, 0.29) is 11.6 Å². The molecular weight excluding hydrogens is 295 g/mol. The van der Waals surface area contributed by atoms with Crippen molar-refractivity contribution in [2.75, 3.05) is 11.9 Å². The molecule has 1 aromatic heterocycles. The Labute approximate surface area is 127 Å². The summed E-state index contributed by atoms with van der Waals surface area (Å²) in [7, 11) is 0. The third kappa shape index (κ3) is 3.19. The van der Waals surface area contributed by atoms with Crippen LogP contribution in [0.15, 0.2) is 30.6 Å². The molecule has 0 aliphatic heterocycles. The van der Waals surface area contributed by atoms with Crippen LogP contribution < -0.4 is 5.32 Å². The lowest BCUT2D eigenvalue weighted by atomic mass is 10.0. The highest BCUT2D eigenvalue weighted by atomic mass is 35.5.